The second-order valence-electron chi connectivity index (χ2n) is 3.46. The van der Waals surface area contributed by atoms with Gasteiger partial charge in [0.2, 0.25) is 0 Å². The fourth-order valence-electron chi connectivity index (χ4n) is 1.77. The first-order valence-corrected chi connectivity index (χ1v) is 6.08. The second-order valence-corrected chi connectivity index (χ2v) is 4.56. The molecular weight excluding hydrogens is 212 g/mol. The van der Waals surface area contributed by atoms with Gasteiger partial charge in [-0.1, -0.05) is 18.2 Å². The standard InChI is InChI=1S/C10H14N2O2S/c13-15(14)10-8-11-6-7-12(10)9-4-2-1-3-5-9/h1-5,10-11H,6-8H2,(H,13,14). The van der Waals surface area contributed by atoms with Crippen molar-refractivity contribution in [2.24, 2.45) is 0 Å². The van der Waals surface area contributed by atoms with E-state index in [0.29, 0.717) is 6.54 Å². The van der Waals surface area contributed by atoms with E-state index < -0.39 is 11.1 Å². The zero-order chi connectivity index (χ0) is 10.7. The van der Waals surface area contributed by atoms with Crippen LogP contribution in [0, 0.1) is 0 Å². The van der Waals surface area contributed by atoms with E-state index in [9.17, 15) is 8.76 Å². The molecule has 0 aliphatic carbocycles. The van der Waals surface area contributed by atoms with Crippen molar-refractivity contribution in [3.63, 3.8) is 0 Å². The normalized spacial score (nSPS) is 23.8. The van der Waals surface area contributed by atoms with Gasteiger partial charge in [-0.05, 0) is 12.1 Å². The molecule has 1 aliphatic heterocycles. The highest BCUT2D eigenvalue weighted by Crippen LogP contribution is 2.18. The van der Waals surface area contributed by atoms with Gasteiger partial charge in [0.15, 0.2) is 11.1 Å². The Morgan fingerprint density at radius 3 is 2.80 bits per heavy atom. The van der Waals surface area contributed by atoms with E-state index in [1.807, 2.05) is 35.2 Å². The van der Waals surface area contributed by atoms with Gasteiger partial charge in [-0.25, -0.2) is 4.21 Å². The number of para-hydroxylation sites is 1. The predicted molar refractivity (Wildman–Crippen MR) is 61.2 cm³/mol. The number of nitrogens with one attached hydrogen (secondary N) is 1. The summed E-state index contributed by atoms with van der Waals surface area (Å²) in [6.07, 6.45) is 0. The Morgan fingerprint density at radius 2 is 2.13 bits per heavy atom. The molecule has 2 N–H and O–H groups in total. The molecule has 2 atom stereocenters. The van der Waals surface area contributed by atoms with Crippen LogP contribution in [0.3, 0.4) is 0 Å². The first-order valence-electron chi connectivity index (χ1n) is 4.91. The molecule has 4 nitrogen and oxygen atoms in total. The summed E-state index contributed by atoms with van der Waals surface area (Å²) in [7, 11) is 0. The number of hydrogen-bond donors (Lipinski definition) is 2. The first kappa shape index (κ1) is 10.6. The van der Waals surface area contributed by atoms with Crippen molar-refractivity contribution < 1.29 is 8.76 Å². The number of nitrogens with zero attached hydrogens (tertiary/aromatic N) is 1. The first-order chi connectivity index (χ1) is 7.29. The Bertz CT molecular complexity index is 345. The average Bonchev–Trinajstić information content (AvgIpc) is 2.30. The lowest BCUT2D eigenvalue weighted by atomic mass is 10.2. The maximum Gasteiger partial charge on any atom is 0.177 e. The summed E-state index contributed by atoms with van der Waals surface area (Å²) in [6.45, 7) is 2.17. The molecule has 1 saturated heterocycles. The molecule has 82 valence electrons. The molecule has 1 aliphatic rings. The maximum atomic E-state index is 11.2. The smallest absolute Gasteiger partial charge is 0.177 e. The van der Waals surface area contributed by atoms with Crippen LogP contribution in [0.2, 0.25) is 0 Å². The summed E-state index contributed by atoms with van der Waals surface area (Å²) in [4.78, 5) is 1.98. The van der Waals surface area contributed by atoms with Crippen molar-refractivity contribution in [3.8, 4) is 0 Å². The van der Waals surface area contributed by atoms with Crippen LogP contribution < -0.4 is 10.2 Å². The van der Waals surface area contributed by atoms with Crippen LogP contribution in [0.15, 0.2) is 30.3 Å². The highest BCUT2D eigenvalue weighted by atomic mass is 32.2. The molecule has 0 amide bonds. The van der Waals surface area contributed by atoms with E-state index in [-0.39, 0.29) is 5.37 Å². The van der Waals surface area contributed by atoms with Crippen LogP contribution in [0.1, 0.15) is 0 Å². The zero-order valence-corrected chi connectivity index (χ0v) is 9.11. The van der Waals surface area contributed by atoms with Gasteiger partial charge in [-0.2, -0.15) is 0 Å². The van der Waals surface area contributed by atoms with E-state index in [4.69, 9.17) is 0 Å². The molecular formula is C10H14N2O2S. The molecule has 2 unspecified atom stereocenters. The van der Waals surface area contributed by atoms with E-state index in [2.05, 4.69) is 5.32 Å². The fraction of sp³-hybridized carbons (Fsp3) is 0.400. The highest BCUT2D eigenvalue weighted by Gasteiger charge is 2.26. The summed E-state index contributed by atoms with van der Waals surface area (Å²) in [5.41, 5.74) is 1.01. The minimum absolute atomic E-state index is 0.346. The monoisotopic (exact) mass is 226 g/mol. The third-order valence-electron chi connectivity index (χ3n) is 2.52. The molecule has 1 aromatic carbocycles. The van der Waals surface area contributed by atoms with E-state index in [0.717, 1.165) is 18.8 Å². The van der Waals surface area contributed by atoms with Crippen molar-refractivity contribution >= 4 is 16.8 Å². The van der Waals surface area contributed by atoms with E-state index >= 15 is 0 Å². The molecule has 0 bridgehead atoms. The van der Waals surface area contributed by atoms with Crippen LogP contribution in [-0.4, -0.2) is 33.8 Å². The lowest BCUT2D eigenvalue weighted by molar-refractivity contribution is 0.500. The van der Waals surface area contributed by atoms with Crippen molar-refractivity contribution in [1.82, 2.24) is 5.32 Å². The topological polar surface area (TPSA) is 52.6 Å². The zero-order valence-electron chi connectivity index (χ0n) is 8.30. The van der Waals surface area contributed by atoms with Gasteiger partial charge in [-0.3, -0.25) is 0 Å². The van der Waals surface area contributed by atoms with Crippen molar-refractivity contribution in [3.05, 3.63) is 30.3 Å². The molecule has 15 heavy (non-hydrogen) atoms. The number of piperazine rings is 1. The molecule has 2 rings (SSSR count). The molecule has 5 heteroatoms. The number of rotatable bonds is 2. The van der Waals surface area contributed by atoms with Gasteiger partial charge in [0.1, 0.15) is 5.37 Å². The summed E-state index contributed by atoms with van der Waals surface area (Å²) in [5.74, 6) is 0. The van der Waals surface area contributed by atoms with Crippen molar-refractivity contribution in [2.45, 2.75) is 5.37 Å². The lowest BCUT2D eigenvalue weighted by Gasteiger charge is -2.35. The van der Waals surface area contributed by atoms with Gasteiger partial charge >= 0.3 is 0 Å². The van der Waals surface area contributed by atoms with Crippen molar-refractivity contribution in [2.75, 3.05) is 24.5 Å². The third-order valence-corrected chi connectivity index (χ3v) is 3.40. The minimum Gasteiger partial charge on any atom is -0.353 e. The maximum absolute atomic E-state index is 11.2. The van der Waals surface area contributed by atoms with E-state index in [1.165, 1.54) is 0 Å². The summed E-state index contributed by atoms with van der Waals surface area (Å²) in [5, 5.41) is 2.78. The molecule has 0 aromatic heterocycles. The van der Waals surface area contributed by atoms with Crippen LogP contribution >= 0.6 is 0 Å². The van der Waals surface area contributed by atoms with Crippen LogP contribution in [0.4, 0.5) is 5.69 Å². The molecule has 0 spiro atoms. The van der Waals surface area contributed by atoms with Gasteiger partial charge in [0.05, 0.1) is 0 Å². The van der Waals surface area contributed by atoms with E-state index in [1.54, 1.807) is 0 Å². The second kappa shape index (κ2) is 4.74. The Hall–Kier alpha value is -0.910. The minimum atomic E-state index is -1.82. The highest BCUT2D eigenvalue weighted by molar-refractivity contribution is 7.80. The van der Waals surface area contributed by atoms with Crippen LogP contribution in [0.5, 0.6) is 0 Å². The van der Waals surface area contributed by atoms with Crippen molar-refractivity contribution in [1.29, 1.82) is 0 Å². The molecule has 1 fully saturated rings. The largest absolute Gasteiger partial charge is 0.353 e. The third kappa shape index (κ3) is 2.37. The molecule has 1 aromatic rings. The molecule has 0 radical (unpaired) electrons. The number of benzene rings is 1. The lowest BCUT2D eigenvalue weighted by Crippen LogP contribution is -2.53. The Kier molecular flexibility index (Phi) is 3.35. The Labute approximate surface area is 91.6 Å². The van der Waals surface area contributed by atoms with Gasteiger partial charge in [0.25, 0.3) is 0 Å². The number of hydrogen-bond acceptors (Lipinski definition) is 3. The number of anilines is 1. The quantitative estimate of drug-likeness (QED) is 0.727. The summed E-state index contributed by atoms with van der Waals surface area (Å²) < 4.78 is 20.4. The van der Waals surface area contributed by atoms with Gasteiger partial charge in [-0.15, -0.1) is 0 Å². The molecule has 0 saturated carbocycles. The Morgan fingerprint density at radius 1 is 1.40 bits per heavy atom. The van der Waals surface area contributed by atoms with Crippen LogP contribution in [0.25, 0.3) is 0 Å². The van der Waals surface area contributed by atoms with Crippen LogP contribution in [-0.2, 0) is 11.1 Å². The van der Waals surface area contributed by atoms with Gasteiger partial charge < -0.3 is 14.8 Å². The molecule has 1 heterocycles. The summed E-state index contributed by atoms with van der Waals surface area (Å²) in [6, 6.07) is 9.75. The fourth-order valence-corrected chi connectivity index (χ4v) is 2.48. The SMILES string of the molecule is O=S(O)C1CNCCN1c1ccccc1. The predicted octanol–water partition coefficient (Wildman–Crippen LogP) is 0.644. The van der Waals surface area contributed by atoms with Gasteiger partial charge in [0, 0.05) is 25.3 Å². The summed E-state index contributed by atoms with van der Waals surface area (Å²) >= 11 is -1.82. The average molecular weight is 226 g/mol. The Balaban J connectivity index is 2.22.